The van der Waals surface area contributed by atoms with Crippen molar-refractivity contribution in [3.63, 3.8) is 0 Å². The van der Waals surface area contributed by atoms with Crippen molar-refractivity contribution in [2.24, 2.45) is 0 Å². The summed E-state index contributed by atoms with van der Waals surface area (Å²) in [7, 11) is -4.21. The van der Waals surface area contributed by atoms with Crippen LogP contribution >= 0.6 is 11.6 Å². The molecule has 3 aromatic rings. The number of rotatable bonds is 5. The van der Waals surface area contributed by atoms with Crippen LogP contribution in [0.4, 0.5) is 13.2 Å². The smallest absolute Gasteiger partial charge is 0.237 e. The van der Waals surface area contributed by atoms with Gasteiger partial charge in [-0.3, -0.25) is 0 Å². The normalized spacial score (nSPS) is 12.3. The van der Waals surface area contributed by atoms with E-state index in [-0.39, 0.29) is 6.54 Å². The van der Waals surface area contributed by atoms with Gasteiger partial charge in [0.2, 0.25) is 10.0 Å². The Morgan fingerprint density at radius 2 is 1.93 bits per heavy atom. The van der Waals surface area contributed by atoms with Gasteiger partial charge in [-0.2, -0.15) is 18.3 Å². The minimum Gasteiger partial charge on any atom is -0.237 e. The van der Waals surface area contributed by atoms with Crippen LogP contribution in [0.15, 0.2) is 59.9 Å². The number of halogens is 4. The third-order valence-electron chi connectivity index (χ3n) is 3.60. The summed E-state index contributed by atoms with van der Waals surface area (Å²) in [5.74, 6) is 0.400. The van der Waals surface area contributed by atoms with E-state index in [1.165, 1.54) is 17.1 Å². The zero-order valence-electron chi connectivity index (χ0n) is 13.5. The van der Waals surface area contributed by atoms with Crippen molar-refractivity contribution >= 4 is 21.6 Å². The number of aromatic nitrogens is 3. The van der Waals surface area contributed by atoms with Crippen molar-refractivity contribution in [2.45, 2.75) is 17.6 Å². The second kappa shape index (κ2) is 7.29. The fourth-order valence-electron chi connectivity index (χ4n) is 2.31. The molecule has 1 N–H and O–H groups in total. The molecule has 0 aliphatic rings. The third kappa shape index (κ3) is 4.29. The van der Waals surface area contributed by atoms with Crippen LogP contribution < -0.4 is 4.72 Å². The molecular formula is C16H12ClF3N4O2S. The van der Waals surface area contributed by atoms with Crippen molar-refractivity contribution in [3.8, 4) is 5.82 Å². The lowest BCUT2D eigenvalue weighted by atomic mass is 10.2. The molecule has 0 bridgehead atoms. The molecule has 27 heavy (non-hydrogen) atoms. The van der Waals surface area contributed by atoms with E-state index in [1.54, 1.807) is 24.4 Å². The average molecular weight is 417 g/mol. The highest BCUT2D eigenvalue weighted by Crippen LogP contribution is 2.35. The molecule has 0 unspecified atom stereocenters. The quantitative estimate of drug-likeness (QED) is 0.691. The lowest BCUT2D eigenvalue weighted by Gasteiger charge is -2.13. The van der Waals surface area contributed by atoms with Gasteiger partial charge in [-0.25, -0.2) is 22.8 Å². The maximum absolute atomic E-state index is 13.0. The Labute approximate surface area is 157 Å². The van der Waals surface area contributed by atoms with Gasteiger partial charge in [-0.05, 0) is 30.3 Å². The van der Waals surface area contributed by atoms with Gasteiger partial charge in [0.25, 0.3) is 0 Å². The second-order valence-corrected chi connectivity index (χ2v) is 7.57. The SMILES string of the molecule is O=S(=O)(NCc1cccnc1-n1cccn1)c1ccc(Cl)c(C(F)(F)F)c1. The van der Waals surface area contributed by atoms with Gasteiger partial charge in [-0.1, -0.05) is 17.7 Å². The minimum atomic E-state index is -4.76. The first-order valence-electron chi connectivity index (χ1n) is 7.49. The number of hydrogen-bond acceptors (Lipinski definition) is 4. The monoisotopic (exact) mass is 416 g/mol. The molecule has 11 heteroatoms. The Bertz CT molecular complexity index is 1050. The maximum atomic E-state index is 13.0. The maximum Gasteiger partial charge on any atom is 0.417 e. The van der Waals surface area contributed by atoms with E-state index in [9.17, 15) is 21.6 Å². The number of benzene rings is 1. The van der Waals surface area contributed by atoms with Gasteiger partial charge in [0.05, 0.1) is 15.5 Å². The van der Waals surface area contributed by atoms with Crippen LogP contribution in [0.2, 0.25) is 5.02 Å². The van der Waals surface area contributed by atoms with Gasteiger partial charge < -0.3 is 0 Å². The van der Waals surface area contributed by atoms with E-state index >= 15 is 0 Å². The summed E-state index contributed by atoms with van der Waals surface area (Å²) < 4.78 is 67.5. The molecule has 0 spiro atoms. The molecule has 6 nitrogen and oxygen atoms in total. The molecule has 0 saturated carbocycles. The first-order chi connectivity index (χ1) is 12.7. The predicted octanol–water partition coefficient (Wildman–Crippen LogP) is 3.42. The molecule has 0 atom stereocenters. The van der Waals surface area contributed by atoms with Crippen molar-refractivity contribution in [1.29, 1.82) is 0 Å². The third-order valence-corrected chi connectivity index (χ3v) is 5.32. The molecular weight excluding hydrogens is 405 g/mol. The van der Waals surface area contributed by atoms with Crippen LogP contribution in [0.3, 0.4) is 0 Å². The summed E-state index contributed by atoms with van der Waals surface area (Å²) in [5.41, 5.74) is -0.722. The lowest BCUT2D eigenvalue weighted by Crippen LogP contribution is -2.24. The van der Waals surface area contributed by atoms with Crippen LogP contribution in [0, 0.1) is 0 Å². The largest absolute Gasteiger partial charge is 0.417 e. The first-order valence-corrected chi connectivity index (χ1v) is 9.35. The van der Waals surface area contributed by atoms with Crippen molar-refractivity contribution in [2.75, 3.05) is 0 Å². The molecule has 0 saturated heterocycles. The Kier molecular flexibility index (Phi) is 5.22. The van der Waals surface area contributed by atoms with Crippen LogP contribution in [-0.2, 0) is 22.7 Å². The topological polar surface area (TPSA) is 76.9 Å². The van der Waals surface area contributed by atoms with Crippen LogP contribution in [-0.4, -0.2) is 23.2 Å². The Balaban J connectivity index is 1.87. The molecule has 142 valence electrons. The van der Waals surface area contributed by atoms with E-state index in [0.29, 0.717) is 17.4 Å². The Hall–Kier alpha value is -2.43. The van der Waals surface area contributed by atoms with Gasteiger partial charge >= 0.3 is 6.18 Å². The summed E-state index contributed by atoms with van der Waals surface area (Å²) >= 11 is 5.53. The fraction of sp³-hybridized carbons (Fsp3) is 0.125. The molecule has 0 aliphatic carbocycles. The minimum absolute atomic E-state index is 0.185. The first kappa shape index (κ1) is 19.3. The number of nitrogens with zero attached hydrogens (tertiary/aromatic N) is 3. The summed E-state index contributed by atoms with van der Waals surface area (Å²) in [5, 5.41) is 3.46. The average Bonchev–Trinajstić information content (AvgIpc) is 3.14. The van der Waals surface area contributed by atoms with E-state index in [2.05, 4.69) is 14.8 Å². The number of nitrogens with one attached hydrogen (secondary N) is 1. The van der Waals surface area contributed by atoms with Crippen LogP contribution in [0.1, 0.15) is 11.1 Å². The summed E-state index contributed by atoms with van der Waals surface area (Å²) in [6.45, 7) is -0.185. The van der Waals surface area contributed by atoms with Crippen LogP contribution in [0.5, 0.6) is 0 Å². The van der Waals surface area contributed by atoms with Crippen molar-refractivity contribution in [3.05, 3.63) is 71.1 Å². The molecule has 0 aliphatic heterocycles. The van der Waals surface area contributed by atoms with Crippen LogP contribution in [0.25, 0.3) is 5.82 Å². The molecule has 3 rings (SSSR count). The Morgan fingerprint density at radius 1 is 1.15 bits per heavy atom. The lowest BCUT2D eigenvalue weighted by molar-refractivity contribution is -0.137. The second-order valence-electron chi connectivity index (χ2n) is 5.40. The predicted molar refractivity (Wildman–Crippen MR) is 91.8 cm³/mol. The number of alkyl halides is 3. The number of pyridine rings is 1. The van der Waals surface area contributed by atoms with Crippen molar-refractivity contribution < 1.29 is 21.6 Å². The van der Waals surface area contributed by atoms with Gasteiger partial charge in [0.1, 0.15) is 0 Å². The molecule has 0 fully saturated rings. The van der Waals surface area contributed by atoms with Gasteiger partial charge in [0.15, 0.2) is 5.82 Å². The zero-order valence-corrected chi connectivity index (χ0v) is 15.1. The van der Waals surface area contributed by atoms with E-state index in [4.69, 9.17) is 11.6 Å². The van der Waals surface area contributed by atoms with E-state index in [0.717, 1.165) is 12.1 Å². The van der Waals surface area contributed by atoms with E-state index < -0.39 is 31.7 Å². The highest BCUT2D eigenvalue weighted by molar-refractivity contribution is 7.89. The van der Waals surface area contributed by atoms with Gasteiger partial charge in [0, 0.05) is 30.7 Å². The number of sulfonamides is 1. The highest BCUT2D eigenvalue weighted by atomic mass is 35.5. The molecule has 0 radical (unpaired) electrons. The van der Waals surface area contributed by atoms with E-state index in [1.807, 2.05) is 0 Å². The standard InChI is InChI=1S/C16H12ClF3N4O2S/c17-14-5-4-12(9-13(14)16(18,19)20)27(25,26)23-10-11-3-1-6-21-15(11)24-8-2-7-22-24/h1-9,23H,10H2. The summed E-state index contributed by atoms with van der Waals surface area (Å²) in [4.78, 5) is 3.61. The molecule has 2 aromatic heterocycles. The molecule has 0 amide bonds. The zero-order chi connectivity index (χ0) is 19.7. The summed E-state index contributed by atoms with van der Waals surface area (Å²) in [6.07, 6.45) is -0.0762. The Morgan fingerprint density at radius 3 is 2.59 bits per heavy atom. The molecule has 1 aromatic carbocycles. The summed E-state index contributed by atoms with van der Waals surface area (Å²) in [6, 6.07) is 7.34. The highest BCUT2D eigenvalue weighted by Gasteiger charge is 2.34. The molecule has 2 heterocycles. The van der Waals surface area contributed by atoms with Crippen molar-refractivity contribution in [1.82, 2.24) is 19.5 Å². The fourth-order valence-corrected chi connectivity index (χ4v) is 3.57. The van der Waals surface area contributed by atoms with Gasteiger partial charge in [-0.15, -0.1) is 0 Å². The number of hydrogen-bond donors (Lipinski definition) is 1.